The number of benzene rings is 4. The fourth-order valence-electron chi connectivity index (χ4n) is 6.30. The SMILES string of the molecule is Cc1cc(C)c(S(N)(=O)=O)c(C)c1Nc1ccc(Nc2c(C)cc(C)c(S(N)(=O)=O)c2C)c2c1C(=O)c1ccccc1C2=O. The second kappa shape index (κ2) is 10.7. The quantitative estimate of drug-likeness (QED) is 0.200. The van der Waals surface area contributed by atoms with Crippen LogP contribution >= 0.6 is 0 Å². The molecule has 0 saturated heterocycles. The second-order valence-corrected chi connectivity index (χ2v) is 14.1. The van der Waals surface area contributed by atoms with Crippen LogP contribution in [0.4, 0.5) is 22.7 Å². The van der Waals surface area contributed by atoms with Gasteiger partial charge in [0.2, 0.25) is 20.0 Å². The van der Waals surface area contributed by atoms with Crippen LogP contribution in [0.3, 0.4) is 0 Å². The number of hydrogen-bond acceptors (Lipinski definition) is 8. The first-order valence-corrected chi connectivity index (χ1v) is 16.7. The molecule has 5 rings (SSSR count). The topological polar surface area (TPSA) is 179 Å². The van der Waals surface area contributed by atoms with Gasteiger partial charge in [-0.1, -0.05) is 36.4 Å². The highest BCUT2D eigenvalue weighted by molar-refractivity contribution is 7.89. The zero-order valence-corrected chi connectivity index (χ0v) is 26.7. The molecular formula is C32H32N4O6S2. The summed E-state index contributed by atoms with van der Waals surface area (Å²) in [6.45, 7) is 10.2. The van der Waals surface area contributed by atoms with E-state index in [2.05, 4.69) is 10.6 Å². The molecule has 0 fully saturated rings. The summed E-state index contributed by atoms with van der Waals surface area (Å²) in [6.07, 6.45) is 0. The molecule has 0 unspecified atom stereocenters. The van der Waals surface area contributed by atoms with Crippen molar-refractivity contribution < 1.29 is 26.4 Å². The summed E-state index contributed by atoms with van der Waals surface area (Å²) < 4.78 is 49.7. The molecule has 0 aliphatic heterocycles. The van der Waals surface area contributed by atoms with Crippen molar-refractivity contribution in [2.24, 2.45) is 10.3 Å². The lowest BCUT2D eigenvalue weighted by Gasteiger charge is -2.26. The largest absolute Gasteiger partial charge is 0.354 e. The molecule has 10 nitrogen and oxygen atoms in total. The smallest absolute Gasteiger partial charge is 0.238 e. The molecule has 228 valence electrons. The summed E-state index contributed by atoms with van der Waals surface area (Å²) in [4.78, 5) is 28.1. The first-order valence-electron chi connectivity index (χ1n) is 13.6. The molecule has 1 aliphatic carbocycles. The lowest BCUT2D eigenvalue weighted by Crippen LogP contribution is -2.24. The van der Waals surface area contributed by atoms with E-state index in [4.69, 9.17) is 10.3 Å². The van der Waals surface area contributed by atoms with Gasteiger partial charge < -0.3 is 10.6 Å². The minimum Gasteiger partial charge on any atom is -0.354 e. The number of sulfonamides is 2. The van der Waals surface area contributed by atoms with Crippen LogP contribution in [0.2, 0.25) is 0 Å². The Morgan fingerprint density at radius 2 is 0.886 bits per heavy atom. The summed E-state index contributed by atoms with van der Waals surface area (Å²) in [5.41, 5.74) is 5.21. The van der Waals surface area contributed by atoms with Gasteiger partial charge in [-0.15, -0.1) is 0 Å². The number of ketones is 2. The van der Waals surface area contributed by atoms with Crippen LogP contribution < -0.4 is 20.9 Å². The number of aryl methyl sites for hydroxylation is 4. The maximum Gasteiger partial charge on any atom is 0.238 e. The van der Waals surface area contributed by atoms with E-state index in [9.17, 15) is 26.4 Å². The highest BCUT2D eigenvalue weighted by atomic mass is 32.2. The summed E-state index contributed by atoms with van der Waals surface area (Å²) in [6, 6.07) is 13.1. The molecular weight excluding hydrogens is 601 g/mol. The van der Waals surface area contributed by atoms with Gasteiger partial charge in [-0.3, -0.25) is 9.59 Å². The Balaban J connectivity index is 1.76. The minimum atomic E-state index is -4.06. The van der Waals surface area contributed by atoms with Crippen molar-refractivity contribution in [1.29, 1.82) is 0 Å². The van der Waals surface area contributed by atoms with Gasteiger partial charge in [0, 0.05) is 22.5 Å². The first-order chi connectivity index (χ1) is 20.4. The average Bonchev–Trinajstić information content (AvgIpc) is 2.90. The van der Waals surface area contributed by atoms with Crippen LogP contribution in [0.1, 0.15) is 65.2 Å². The lowest BCUT2D eigenvalue weighted by molar-refractivity contribution is 0.0980. The number of fused-ring (bicyclic) bond motifs is 2. The number of carbonyl (C=O) groups excluding carboxylic acids is 2. The molecule has 0 bridgehead atoms. The third-order valence-corrected chi connectivity index (χ3v) is 10.4. The molecule has 0 spiro atoms. The zero-order valence-electron chi connectivity index (χ0n) is 25.0. The zero-order chi connectivity index (χ0) is 32.5. The van der Waals surface area contributed by atoms with Gasteiger partial charge in [0.25, 0.3) is 0 Å². The van der Waals surface area contributed by atoms with Gasteiger partial charge >= 0.3 is 0 Å². The van der Waals surface area contributed by atoms with E-state index < -0.39 is 31.6 Å². The van der Waals surface area contributed by atoms with Gasteiger partial charge in [0.15, 0.2) is 11.6 Å². The molecule has 4 aromatic carbocycles. The Morgan fingerprint density at radius 1 is 0.545 bits per heavy atom. The van der Waals surface area contributed by atoms with Crippen LogP contribution in [0.5, 0.6) is 0 Å². The van der Waals surface area contributed by atoms with E-state index in [0.29, 0.717) is 44.8 Å². The third-order valence-electron chi connectivity index (χ3n) is 7.97. The maximum atomic E-state index is 14.1. The monoisotopic (exact) mass is 632 g/mol. The van der Waals surface area contributed by atoms with Gasteiger partial charge in [0.1, 0.15) is 0 Å². The number of nitrogens with two attached hydrogens (primary N) is 2. The van der Waals surface area contributed by atoms with Crippen molar-refractivity contribution in [2.45, 2.75) is 51.3 Å². The Kier molecular flexibility index (Phi) is 7.53. The van der Waals surface area contributed by atoms with Crippen molar-refractivity contribution in [2.75, 3.05) is 10.6 Å². The van der Waals surface area contributed by atoms with Crippen molar-refractivity contribution in [3.8, 4) is 0 Å². The van der Waals surface area contributed by atoms with Crippen LogP contribution in [-0.4, -0.2) is 28.4 Å². The highest BCUT2D eigenvalue weighted by Gasteiger charge is 2.35. The summed E-state index contributed by atoms with van der Waals surface area (Å²) in [5.74, 6) is -0.809. The van der Waals surface area contributed by atoms with E-state index in [0.717, 1.165) is 0 Å². The molecule has 0 radical (unpaired) electrons. The number of carbonyl (C=O) groups is 2. The number of hydrogen-bond donors (Lipinski definition) is 4. The van der Waals surface area contributed by atoms with Crippen molar-refractivity contribution in [3.05, 3.63) is 104 Å². The van der Waals surface area contributed by atoms with E-state index in [1.807, 2.05) is 0 Å². The summed E-state index contributed by atoms with van der Waals surface area (Å²) >= 11 is 0. The molecule has 4 aromatic rings. The van der Waals surface area contributed by atoms with Crippen molar-refractivity contribution in [1.82, 2.24) is 0 Å². The number of nitrogens with one attached hydrogen (secondary N) is 2. The van der Waals surface area contributed by atoms with Crippen LogP contribution in [0, 0.1) is 41.5 Å². The Morgan fingerprint density at radius 3 is 1.20 bits per heavy atom. The summed E-state index contributed by atoms with van der Waals surface area (Å²) in [5, 5.41) is 17.5. The molecule has 0 saturated carbocycles. The van der Waals surface area contributed by atoms with Gasteiger partial charge in [-0.2, -0.15) is 0 Å². The summed E-state index contributed by atoms with van der Waals surface area (Å²) in [7, 11) is -8.12. The van der Waals surface area contributed by atoms with E-state index in [1.54, 1.807) is 90.1 Å². The van der Waals surface area contributed by atoms with Crippen molar-refractivity contribution >= 4 is 54.4 Å². The van der Waals surface area contributed by atoms with Crippen LogP contribution in [-0.2, 0) is 20.0 Å². The van der Waals surface area contributed by atoms with E-state index in [-0.39, 0.29) is 43.4 Å². The molecule has 0 amide bonds. The molecule has 0 heterocycles. The standard InChI is InChI=1S/C32H32N4O6S2/c1-15-13-17(3)31(43(33,39)40)19(5)27(15)35-23-11-12-24(26-25(23)29(37)21-9-7-8-10-22(21)30(26)38)36-28-16(2)14-18(4)32(20(28)6)44(34,41)42/h7-14,35-36H,1-6H3,(H2,33,39,40)(H2,34,41,42). The first kappa shape index (κ1) is 31.1. The van der Waals surface area contributed by atoms with Crippen LogP contribution in [0.25, 0.3) is 0 Å². The molecule has 0 atom stereocenters. The van der Waals surface area contributed by atoms with E-state index in [1.165, 1.54) is 0 Å². The third kappa shape index (κ3) is 5.09. The molecule has 1 aliphatic rings. The van der Waals surface area contributed by atoms with Gasteiger partial charge in [-0.05, 0) is 87.1 Å². The second-order valence-electron chi connectivity index (χ2n) is 11.1. The Hall–Kier alpha value is -4.36. The fraction of sp³-hybridized carbons (Fsp3) is 0.188. The Bertz CT molecular complexity index is 2020. The normalized spacial score (nSPS) is 13.0. The minimum absolute atomic E-state index is 0.0264. The van der Waals surface area contributed by atoms with Gasteiger partial charge in [0.05, 0.1) is 32.3 Å². The molecule has 6 N–H and O–H groups in total. The lowest BCUT2D eigenvalue weighted by atomic mass is 9.82. The van der Waals surface area contributed by atoms with Crippen LogP contribution in [0.15, 0.2) is 58.3 Å². The molecule has 44 heavy (non-hydrogen) atoms. The fourth-order valence-corrected chi connectivity index (χ4v) is 8.37. The molecule has 0 aromatic heterocycles. The number of anilines is 4. The average molecular weight is 633 g/mol. The van der Waals surface area contributed by atoms with Crippen molar-refractivity contribution in [3.63, 3.8) is 0 Å². The highest BCUT2D eigenvalue weighted by Crippen LogP contribution is 2.41. The molecule has 12 heteroatoms. The maximum absolute atomic E-state index is 14.1. The predicted molar refractivity (Wildman–Crippen MR) is 170 cm³/mol. The number of primary sulfonamides is 2. The predicted octanol–water partition coefficient (Wildman–Crippen LogP) is 5.09. The van der Waals surface area contributed by atoms with Gasteiger partial charge in [-0.25, -0.2) is 27.1 Å². The Labute approximate surface area is 256 Å². The number of rotatable bonds is 6. The van der Waals surface area contributed by atoms with E-state index >= 15 is 0 Å².